The van der Waals surface area contributed by atoms with Gasteiger partial charge in [-0.2, -0.15) is 10.2 Å². The molecule has 0 atom stereocenters. The van der Waals surface area contributed by atoms with E-state index in [1.165, 1.54) is 5.56 Å². The lowest BCUT2D eigenvalue weighted by atomic mass is 10.0. The van der Waals surface area contributed by atoms with Crippen molar-refractivity contribution in [3.8, 4) is 22.3 Å². The van der Waals surface area contributed by atoms with Crippen molar-refractivity contribution >= 4 is 17.2 Å². The Bertz CT molecular complexity index is 1660. The molecule has 1 aliphatic rings. The fourth-order valence-corrected chi connectivity index (χ4v) is 5.29. The lowest BCUT2D eigenvalue weighted by molar-refractivity contribution is 0.0944. The summed E-state index contributed by atoms with van der Waals surface area (Å²) in [7, 11) is 1.90. The Morgan fingerprint density at radius 1 is 0.902 bits per heavy atom. The van der Waals surface area contributed by atoms with Gasteiger partial charge < -0.3 is 10.2 Å². The Hall–Kier alpha value is -4.57. The van der Waals surface area contributed by atoms with Gasteiger partial charge in [0, 0.05) is 98.5 Å². The molecular formula is C31H35N9O. The minimum absolute atomic E-state index is 0.0190. The SMILES string of the molecule is Cc1ccc(CN2CCN(c3ccc(-c4cc(-c5cnn(C)c5)cn5ncc(C(=O)NC(C)C)c45)cn3)CC2)cn1. The average molecular weight is 550 g/mol. The van der Waals surface area contributed by atoms with E-state index >= 15 is 0 Å². The van der Waals surface area contributed by atoms with Gasteiger partial charge in [0.1, 0.15) is 5.82 Å². The van der Waals surface area contributed by atoms with Crippen LogP contribution in [0.5, 0.6) is 0 Å². The van der Waals surface area contributed by atoms with Gasteiger partial charge in [0.15, 0.2) is 0 Å². The predicted molar refractivity (Wildman–Crippen MR) is 160 cm³/mol. The lowest BCUT2D eigenvalue weighted by Crippen LogP contribution is -2.46. The number of anilines is 1. The first kappa shape index (κ1) is 26.6. The van der Waals surface area contributed by atoms with E-state index in [4.69, 9.17) is 4.98 Å². The second kappa shape index (κ2) is 11.1. The van der Waals surface area contributed by atoms with Crippen molar-refractivity contribution in [2.75, 3.05) is 31.1 Å². The highest BCUT2D eigenvalue weighted by molar-refractivity contribution is 6.05. The molecule has 1 amide bonds. The number of pyridine rings is 3. The monoisotopic (exact) mass is 549 g/mol. The number of nitrogens with zero attached hydrogens (tertiary/aromatic N) is 8. The molecule has 5 aromatic heterocycles. The zero-order valence-corrected chi connectivity index (χ0v) is 23.9. The van der Waals surface area contributed by atoms with Crippen LogP contribution in [0.15, 0.2) is 67.5 Å². The number of aryl methyl sites for hydroxylation is 2. The van der Waals surface area contributed by atoms with Crippen LogP contribution in [0.4, 0.5) is 5.82 Å². The molecule has 210 valence electrons. The van der Waals surface area contributed by atoms with Crippen LogP contribution >= 0.6 is 0 Å². The van der Waals surface area contributed by atoms with Crippen molar-refractivity contribution in [3.05, 3.63) is 84.3 Å². The molecule has 0 unspecified atom stereocenters. The first-order chi connectivity index (χ1) is 19.8. The van der Waals surface area contributed by atoms with E-state index in [-0.39, 0.29) is 11.9 Å². The lowest BCUT2D eigenvalue weighted by Gasteiger charge is -2.35. The van der Waals surface area contributed by atoms with Crippen LogP contribution in [0.2, 0.25) is 0 Å². The Balaban J connectivity index is 1.26. The van der Waals surface area contributed by atoms with Gasteiger partial charge in [0.2, 0.25) is 0 Å². The first-order valence-electron chi connectivity index (χ1n) is 14.0. The molecule has 41 heavy (non-hydrogen) atoms. The van der Waals surface area contributed by atoms with Crippen molar-refractivity contribution in [3.63, 3.8) is 0 Å². The third-order valence-electron chi connectivity index (χ3n) is 7.45. The number of hydrogen-bond acceptors (Lipinski definition) is 7. The number of amides is 1. The van der Waals surface area contributed by atoms with Gasteiger partial charge in [-0.25, -0.2) is 9.50 Å². The molecule has 0 aliphatic carbocycles. The number of rotatable bonds is 7. The summed E-state index contributed by atoms with van der Waals surface area (Å²) in [4.78, 5) is 27.2. The molecule has 0 aromatic carbocycles. The fraction of sp³-hybridized carbons (Fsp3) is 0.323. The van der Waals surface area contributed by atoms with E-state index < -0.39 is 0 Å². The zero-order chi connectivity index (χ0) is 28.5. The molecule has 10 heteroatoms. The van der Waals surface area contributed by atoms with Crippen LogP contribution in [-0.2, 0) is 13.6 Å². The van der Waals surface area contributed by atoms with Gasteiger partial charge in [-0.1, -0.05) is 6.07 Å². The Labute approximate surface area is 239 Å². The van der Waals surface area contributed by atoms with E-state index in [9.17, 15) is 4.79 Å². The summed E-state index contributed by atoms with van der Waals surface area (Å²) in [6.45, 7) is 10.6. The van der Waals surface area contributed by atoms with E-state index in [2.05, 4.69) is 60.6 Å². The van der Waals surface area contributed by atoms with Gasteiger partial charge >= 0.3 is 0 Å². The van der Waals surface area contributed by atoms with Crippen LogP contribution < -0.4 is 10.2 Å². The minimum Gasteiger partial charge on any atom is -0.354 e. The molecule has 5 aromatic rings. The van der Waals surface area contributed by atoms with Crippen LogP contribution in [0.1, 0.15) is 35.5 Å². The second-order valence-electron chi connectivity index (χ2n) is 11.0. The third kappa shape index (κ3) is 5.69. The summed E-state index contributed by atoms with van der Waals surface area (Å²) in [6, 6.07) is 10.5. The summed E-state index contributed by atoms with van der Waals surface area (Å²) < 4.78 is 3.56. The third-order valence-corrected chi connectivity index (χ3v) is 7.45. The number of aromatic nitrogens is 6. The summed E-state index contributed by atoms with van der Waals surface area (Å²) in [6.07, 6.45) is 11.3. The highest BCUT2D eigenvalue weighted by Crippen LogP contribution is 2.32. The van der Waals surface area contributed by atoms with Crippen molar-refractivity contribution in [1.29, 1.82) is 0 Å². The van der Waals surface area contributed by atoms with E-state index in [0.29, 0.717) is 5.56 Å². The minimum atomic E-state index is -0.144. The van der Waals surface area contributed by atoms with Crippen molar-refractivity contribution < 1.29 is 4.79 Å². The zero-order valence-electron chi connectivity index (χ0n) is 23.9. The Kier molecular flexibility index (Phi) is 7.23. The van der Waals surface area contributed by atoms with Crippen molar-refractivity contribution in [2.45, 2.75) is 33.4 Å². The molecule has 0 saturated carbocycles. The number of carbonyl (C=O) groups is 1. The van der Waals surface area contributed by atoms with E-state index in [0.717, 1.165) is 72.0 Å². The van der Waals surface area contributed by atoms with Gasteiger partial charge in [-0.05, 0) is 50.6 Å². The maximum atomic E-state index is 13.1. The maximum absolute atomic E-state index is 13.1. The molecule has 1 fully saturated rings. The number of piperazine rings is 1. The van der Waals surface area contributed by atoms with Gasteiger partial charge in [-0.15, -0.1) is 0 Å². The topological polar surface area (TPSA) is 96.5 Å². The molecule has 0 spiro atoms. The Morgan fingerprint density at radius 3 is 2.39 bits per heavy atom. The largest absolute Gasteiger partial charge is 0.354 e. The van der Waals surface area contributed by atoms with Gasteiger partial charge in [0.05, 0.1) is 23.5 Å². The Morgan fingerprint density at radius 2 is 1.73 bits per heavy atom. The van der Waals surface area contributed by atoms with Gasteiger partial charge in [0.25, 0.3) is 5.91 Å². The smallest absolute Gasteiger partial charge is 0.255 e. The number of carbonyl (C=O) groups excluding carboxylic acids is 1. The summed E-state index contributed by atoms with van der Waals surface area (Å²) in [5.41, 5.74) is 7.34. The van der Waals surface area contributed by atoms with Crippen molar-refractivity contribution in [1.82, 2.24) is 39.6 Å². The molecule has 10 nitrogen and oxygen atoms in total. The molecule has 1 saturated heterocycles. The average Bonchev–Trinajstić information content (AvgIpc) is 3.60. The highest BCUT2D eigenvalue weighted by Gasteiger charge is 2.21. The molecule has 0 radical (unpaired) electrons. The number of nitrogens with one attached hydrogen (secondary N) is 1. The normalized spacial score (nSPS) is 14.2. The van der Waals surface area contributed by atoms with Crippen LogP contribution in [0.3, 0.4) is 0 Å². The van der Waals surface area contributed by atoms with E-state index in [1.807, 2.05) is 58.8 Å². The van der Waals surface area contributed by atoms with Crippen LogP contribution in [-0.4, -0.2) is 72.4 Å². The molecule has 6 heterocycles. The molecular weight excluding hydrogens is 514 g/mol. The quantitative estimate of drug-likeness (QED) is 0.328. The number of hydrogen-bond donors (Lipinski definition) is 1. The van der Waals surface area contributed by atoms with Gasteiger partial charge in [-0.3, -0.25) is 19.4 Å². The molecule has 6 rings (SSSR count). The number of fused-ring (bicyclic) bond motifs is 1. The van der Waals surface area contributed by atoms with E-state index in [1.54, 1.807) is 15.4 Å². The summed E-state index contributed by atoms with van der Waals surface area (Å²) >= 11 is 0. The summed E-state index contributed by atoms with van der Waals surface area (Å²) in [5, 5.41) is 11.9. The molecule has 0 bridgehead atoms. The predicted octanol–water partition coefficient (Wildman–Crippen LogP) is 3.96. The fourth-order valence-electron chi connectivity index (χ4n) is 5.29. The first-order valence-corrected chi connectivity index (χ1v) is 14.0. The molecule has 1 N–H and O–H groups in total. The second-order valence-corrected chi connectivity index (χ2v) is 11.0. The van der Waals surface area contributed by atoms with Crippen molar-refractivity contribution in [2.24, 2.45) is 7.05 Å². The van der Waals surface area contributed by atoms with Crippen LogP contribution in [0.25, 0.3) is 27.8 Å². The summed E-state index contributed by atoms with van der Waals surface area (Å²) in [5.74, 6) is 0.811. The van der Waals surface area contributed by atoms with Crippen LogP contribution in [0, 0.1) is 6.92 Å². The highest BCUT2D eigenvalue weighted by atomic mass is 16.1. The standard InChI is InChI=1S/C31H35N9O/c1-21(2)36-31(41)28-17-35-40-20-25(26-16-34-37(4)19-26)13-27(30(28)40)24-7-8-29(33-15-24)39-11-9-38(10-12-39)18-23-6-5-22(3)32-14-23/h5-8,13-17,19-21H,9-12,18H2,1-4H3,(H,36,41). The maximum Gasteiger partial charge on any atom is 0.255 e. The molecule has 1 aliphatic heterocycles.